The first kappa shape index (κ1) is 16.5. The predicted octanol–water partition coefficient (Wildman–Crippen LogP) is 3.68. The van der Waals surface area contributed by atoms with Gasteiger partial charge in [0.1, 0.15) is 0 Å². The second-order valence-electron chi connectivity index (χ2n) is 7.46. The number of hydrogen-bond donors (Lipinski definition) is 1. The number of nitrogens with zero attached hydrogens (tertiary/aromatic N) is 1. The van der Waals surface area contributed by atoms with E-state index in [0.29, 0.717) is 17.7 Å². The van der Waals surface area contributed by atoms with Crippen LogP contribution in [-0.4, -0.2) is 35.1 Å². The summed E-state index contributed by atoms with van der Waals surface area (Å²) in [5.41, 5.74) is 2.67. The summed E-state index contributed by atoms with van der Waals surface area (Å²) < 4.78 is 0. The molecule has 1 aliphatic heterocycles. The average molecular weight is 315 g/mol. The third kappa shape index (κ3) is 3.60. The van der Waals surface area contributed by atoms with Crippen molar-refractivity contribution in [1.82, 2.24) is 4.90 Å². The third-order valence-electron chi connectivity index (χ3n) is 5.51. The molecule has 3 unspecified atom stereocenters. The summed E-state index contributed by atoms with van der Waals surface area (Å²) in [6.07, 6.45) is 5.05. The van der Waals surface area contributed by atoms with E-state index in [2.05, 4.69) is 43.0 Å². The van der Waals surface area contributed by atoms with Crippen LogP contribution in [0.1, 0.15) is 68.9 Å². The predicted molar refractivity (Wildman–Crippen MR) is 92.4 cm³/mol. The van der Waals surface area contributed by atoms with Crippen LogP contribution in [0.25, 0.3) is 0 Å². The van der Waals surface area contributed by atoms with Crippen LogP contribution in [0.3, 0.4) is 0 Å². The van der Waals surface area contributed by atoms with Gasteiger partial charge in [0.25, 0.3) is 0 Å². The normalized spacial score (nSPS) is 27.3. The summed E-state index contributed by atoms with van der Waals surface area (Å²) >= 11 is 0. The zero-order valence-corrected chi connectivity index (χ0v) is 14.4. The van der Waals surface area contributed by atoms with Crippen molar-refractivity contribution < 1.29 is 9.90 Å². The number of likely N-dealkylation sites (tertiary alicyclic amines) is 1. The fourth-order valence-corrected chi connectivity index (χ4v) is 3.92. The molecule has 0 radical (unpaired) electrons. The van der Waals surface area contributed by atoms with Crippen molar-refractivity contribution in [3.05, 3.63) is 35.4 Å². The van der Waals surface area contributed by atoms with E-state index in [1.807, 2.05) is 0 Å². The number of rotatable bonds is 5. The number of aliphatic hydroxyl groups excluding tert-OH is 1. The number of amides is 1. The maximum atomic E-state index is 12.8. The molecule has 3 rings (SSSR count). The smallest absolute Gasteiger partial charge is 0.226 e. The number of aliphatic hydroxyl groups is 1. The highest BCUT2D eigenvalue weighted by molar-refractivity contribution is 5.83. The van der Waals surface area contributed by atoms with Crippen molar-refractivity contribution in [2.75, 3.05) is 13.2 Å². The summed E-state index contributed by atoms with van der Waals surface area (Å²) in [6, 6.07) is 9.07. The molecule has 1 aromatic carbocycles. The topological polar surface area (TPSA) is 40.5 Å². The van der Waals surface area contributed by atoms with Crippen LogP contribution < -0.4 is 0 Å². The van der Waals surface area contributed by atoms with Gasteiger partial charge >= 0.3 is 0 Å². The number of piperidine rings is 1. The lowest BCUT2D eigenvalue weighted by Gasteiger charge is -2.36. The first-order valence-electron chi connectivity index (χ1n) is 9.13. The summed E-state index contributed by atoms with van der Waals surface area (Å²) in [7, 11) is 0. The van der Waals surface area contributed by atoms with E-state index in [4.69, 9.17) is 0 Å². The van der Waals surface area contributed by atoms with Gasteiger partial charge < -0.3 is 10.0 Å². The first-order valence-corrected chi connectivity index (χ1v) is 9.13. The lowest BCUT2D eigenvalue weighted by atomic mass is 9.97. The van der Waals surface area contributed by atoms with Gasteiger partial charge in [-0.25, -0.2) is 0 Å². The molecule has 0 spiro atoms. The van der Waals surface area contributed by atoms with Crippen LogP contribution >= 0.6 is 0 Å². The molecule has 126 valence electrons. The zero-order valence-electron chi connectivity index (χ0n) is 14.4. The fraction of sp³-hybridized carbons (Fsp3) is 0.650. The monoisotopic (exact) mass is 315 g/mol. The van der Waals surface area contributed by atoms with Crippen LogP contribution in [0.2, 0.25) is 0 Å². The van der Waals surface area contributed by atoms with Gasteiger partial charge in [-0.15, -0.1) is 0 Å². The molecule has 1 amide bonds. The number of hydrogen-bond acceptors (Lipinski definition) is 2. The standard InChI is InChI=1S/C20H29NO2/c1-14(2)15-6-8-16(9-7-15)18-13-19(18)20(23)21-11-4-3-5-17(21)10-12-22/h6-9,14,17-19,22H,3-5,10-13H2,1-2H3. The average Bonchev–Trinajstić information content (AvgIpc) is 3.36. The number of benzene rings is 1. The van der Waals surface area contributed by atoms with E-state index in [1.165, 1.54) is 17.5 Å². The molecule has 1 aliphatic carbocycles. The number of carbonyl (C=O) groups excluding carboxylic acids is 1. The van der Waals surface area contributed by atoms with Crippen molar-refractivity contribution in [2.45, 2.75) is 63.8 Å². The van der Waals surface area contributed by atoms with Gasteiger partial charge in [-0.2, -0.15) is 0 Å². The molecule has 3 heteroatoms. The molecule has 1 N–H and O–H groups in total. The van der Waals surface area contributed by atoms with E-state index in [0.717, 1.165) is 32.2 Å². The Morgan fingerprint density at radius 3 is 2.65 bits per heavy atom. The quantitative estimate of drug-likeness (QED) is 0.900. The van der Waals surface area contributed by atoms with Gasteiger partial charge in [-0.1, -0.05) is 38.1 Å². The molecule has 23 heavy (non-hydrogen) atoms. The van der Waals surface area contributed by atoms with E-state index in [-0.39, 0.29) is 18.6 Å². The molecular weight excluding hydrogens is 286 g/mol. The van der Waals surface area contributed by atoms with Crippen molar-refractivity contribution in [3.8, 4) is 0 Å². The largest absolute Gasteiger partial charge is 0.396 e. The molecule has 1 saturated carbocycles. The summed E-state index contributed by atoms with van der Waals surface area (Å²) in [6.45, 7) is 5.46. The summed E-state index contributed by atoms with van der Waals surface area (Å²) in [5.74, 6) is 1.44. The second-order valence-corrected chi connectivity index (χ2v) is 7.46. The highest BCUT2D eigenvalue weighted by Crippen LogP contribution is 2.49. The Labute approximate surface area is 139 Å². The molecule has 3 atom stereocenters. The Balaban J connectivity index is 1.63. The molecule has 2 fully saturated rings. The third-order valence-corrected chi connectivity index (χ3v) is 5.51. The van der Waals surface area contributed by atoms with Crippen molar-refractivity contribution in [1.29, 1.82) is 0 Å². The van der Waals surface area contributed by atoms with Crippen molar-refractivity contribution >= 4 is 5.91 Å². The Morgan fingerprint density at radius 2 is 2.00 bits per heavy atom. The summed E-state index contributed by atoms with van der Waals surface area (Å²) in [5, 5.41) is 9.24. The molecule has 2 aliphatic rings. The second kappa shape index (κ2) is 7.04. The molecule has 1 saturated heterocycles. The Morgan fingerprint density at radius 1 is 1.26 bits per heavy atom. The van der Waals surface area contributed by atoms with Gasteiger partial charge in [0.2, 0.25) is 5.91 Å². The van der Waals surface area contributed by atoms with Crippen LogP contribution in [0.5, 0.6) is 0 Å². The number of carbonyl (C=O) groups is 1. The van der Waals surface area contributed by atoms with Gasteiger partial charge in [-0.05, 0) is 55.1 Å². The van der Waals surface area contributed by atoms with Crippen LogP contribution in [0.4, 0.5) is 0 Å². The molecule has 1 aromatic rings. The molecular formula is C20H29NO2. The maximum absolute atomic E-state index is 12.8. The lowest BCUT2D eigenvalue weighted by Crippen LogP contribution is -2.45. The molecule has 0 bridgehead atoms. The highest BCUT2D eigenvalue weighted by Gasteiger charge is 2.47. The van der Waals surface area contributed by atoms with E-state index in [9.17, 15) is 9.90 Å². The minimum atomic E-state index is 0.166. The highest BCUT2D eigenvalue weighted by atomic mass is 16.3. The van der Waals surface area contributed by atoms with Gasteiger partial charge in [0.05, 0.1) is 0 Å². The summed E-state index contributed by atoms with van der Waals surface area (Å²) in [4.78, 5) is 14.9. The van der Waals surface area contributed by atoms with Gasteiger partial charge in [0, 0.05) is 25.1 Å². The SMILES string of the molecule is CC(C)c1ccc(C2CC2C(=O)N2CCCCC2CCO)cc1. The Hall–Kier alpha value is -1.35. The van der Waals surface area contributed by atoms with Gasteiger partial charge in [-0.3, -0.25) is 4.79 Å². The molecule has 0 aromatic heterocycles. The fourth-order valence-electron chi connectivity index (χ4n) is 3.92. The minimum Gasteiger partial charge on any atom is -0.396 e. The van der Waals surface area contributed by atoms with E-state index in [1.54, 1.807) is 0 Å². The lowest BCUT2D eigenvalue weighted by molar-refractivity contribution is -0.136. The van der Waals surface area contributed by atoms with Crippen LogP contribution in [0.15, 0.2) is 24.3 Å². The first-order chi connectivity index (χ1) is 11.1. The minimum absolute atomic E-state index is 0.166. The van der Waals surface area contributed by atoms with E-state index >= 15 is 0 Å². The van der Waals surface area contributed by atoms with Crippen LogP contribution in [0, 0.1) is 5.92 Å². The van der Waals surface area contributed by atoms with E-state index < -0.39 is 0 Å². The Bertz CT molecular complexity index is 535. The van der Waals surface area contributed by atoms with Crippen LogP contribution in [-0.2, 0) is 4.79 Å². The Kier molecular flexibility index (Phi) is 5.05. The van der Waals surface area contributed by atoms with Crippen molar-refractivity contribution in [3.63, 3.8) is 0 Å². The molecule has 1 heterocycles. The van der Waals surface area contributed by atoms with Crippen molar-refractivity contribution in [2.24, 2.45) is 5.92 Å². The van der Waals surface area contributed by atoms with Gasteiger partial charge in [0.15, 0.2) is 0 Å². The zero-order chi connectivity index (χ0) is 16.4. The maximum Gasteiger partial charge on any atom is 0.226 e. The molecule has 3 nitrogen and oxygen atoms in total.